The third-order valence-electron chi connectivity index (χ3n) is 6.07. The van der Waals surface area contributed by atoms with Crippen LogP contribution < -0.4 is 15.4 Å². The Kier molecular flexibility index (Phi) is 6.10. The first-order valence-electron chi connectivity index (χ1n) is 11.0. The standard InChI is InChI=1S/C25H22ClN3O4S/c26-17-4-1-2-6-20(17)33-22-19(30)12-25(29-24(22)32,16-10-11-34-14-16)21-7-3-5-18(28-21)23(31)27-13-15-8-9-15/h1-7,10-11,14-15,22H,8-9,12-13H2,(H,27,31)(H,29,32). The van der Waals surface area contributed by atoms with Gasteiger partial charge < -0.3 is 15.4 Å². The predicted octanol–water partition coefficient (Wildman–Crippen LogP) is 3.72. The molecule has 2 atom stereocenters. The van der Waals surface area contributed by atoms with Crippen molar-refractivity contribution in [1.29, 1.82) is 0 Å². The van der Waals surface area contributed by atoms with Crippen molar-refractivity contribution in [2.75, 3.05) is 6.54 Å². The zero-order valence-corrected chi connectivity index (χ0v) is 19.7. The fourth-order valence-electron chi connectivity index (χ4n) is 4.04. The quantitative estimate of drug-likeness (QED) is 0.487. The molecule has 2 N–H and O–H groups in total. The number of carbonyl (C=O) groups is 3. The molecule has 2 unspecified atom stereocenters. The molecule has 5 rings (SSSR count). The van der Waals surface area contributed by atoms with Crippen LogP contribution in [0.1, 0.15) is 41.0 Å². The van der Waals surface area contributed by atoms with E-state index in [1.54, 1.807) is 42.5 Å². The van der Waals surface area contributed by atoms with Gasteiger partial charge in [0.05, 0.1) is 10.7 Å². The fraction of sp³-hybridized carbons (Fsp3) is 0.280. The number of benzene rings is 1. The van der Waals surface area contributed by atoms with E-state index in [-0.39, 0.29) is 23.8 Å². The molecule has 2 aromatic heterocycles. The van der Waals surface area contributed by atoms with Gasteiger partial charge >= 0.3 is 0 Å². The number of Topliss-reactive ketones (excluding diaryl/α,β-unsaturated/α-hetero) is 1. The van der Waals surface area contributed by atoms with Crippen molar-refractivity contribution in [2.45, 2.75) is 30.9 Å². The number of hydrogen-bond donors (Lipinski definition) is 2. The second-order valence-electron chi connectivity index (χ2n) is 8.54. The van der Waals surface area contributed by atoms with Gasteiger partial charge in [-0.15, -0.1) is 0 Å². The molecule has 3 heterocycles. The highest BCUT2D eigenvalue weighted by Crippen LogP contribution is 2.38. The van der Waals surface area contributed by atoms with Crippen molar-refractivity contribution in [1.82, 2.24) is 15.6 Å². The van der Waals surface area contributed by atoms with Gasteiger partial charge in [0.15, 0.2) is 5.78 Å². The summed E-state index contributed by atoms with van der Waals surface area (Å²) >= 11 is 7.60. The topological polar surface area (TPSA) is 97.4 Å². The molecule has 1 aromatic carbocycles. The summed E-state index contributed by atoms with van der Waals surface area (Å²) in [5.41, 5.74) is 0.173. The molecule has 1 aliphatic heterocycles. The largest absolute Gasteiger partial charge is 0.471 e. The summed E-state index contributed by atoms with van der Waals surface area (Å²) in [7, 11) is 0. The molecular formula is C25H22ClN3O4S. The van der Waals surface area contributed by atoms with E-state index in [1.807, 2.05) is 16.8 Å². The van der Waals surface area contributed by atoms with Gasteiger partial charge in [-0.05, 0) is 65.4 Å². The van der Waals surface area contributed by atoms with Crippen LogP contribution in [-0.2, 0) is 15.1 Å². The number of ketones is 1. The minimum absolute atomic E-state index is 0.0786. The van der Waals surface area contributed by atoms with Gasteiger partial charge in [-0.1, -0.05) is 29.8 Å². The number of amides is 2. The Morgan fingerprint density at radius 3 is 2.71 bits per heavy atom. The number of carbonyl (C=O) groups excluding carboxylic acids is 3. The molecule has 2 fully saturated rings. The number of ether oxygens (including phenoxy) is 1. The van der Waals surface area contributed by atoms with Crippen molar-refractivity contribution in [3.8, 4) is 5.75 Å². The van der Waals surface area contributed by atoms with Crippen LogP contribution in [0.4, 0.5) is 0 Å². The van der Waals surface area contributed by atoms with E-state index in [9.17, 15) is 14.4 Å². The Bertz CT molecular complexity index is 1220. The zero-order valence-electron chi connectivity index (χ0n) is 18.1. The Balaban J connectivity index is 1.45. The Morgan fingerprint density at radius 2 is 2.00 bits per heavy atom. The van der Waals surface area contributed by atoms with E-state index in [2.05, 4.69) is 15.6 Å². The van der Waals surface area contributed by atoms with Crippen LogP contribution >= 0.6 is 22.9 Å². The van der Waals surface area contributed by atoms with Gasteiger partial charge in [-0.3, -0.25) is 14.4 Å². The SMILES string of the molecule is O=C(NCC1CC1)c1cccc(C2(c3ccsc3)CC(=O)C(Oc3ccccc3Cl)C(=O)N2)n1. The van der Waals surface area contributed by atoms with Gasteiger partial charge in [0.25, 0.3) is 11.8 Å². The first-order valence-corrected chi connectivity index (χ1v) is 12.3. The van der Waals surface area contributed by atoms with Crippen LogP contribution in [0.5, 0.6) is 5.75 Å². The maximum Gasteiger partial charge on any atom is 0.269 e. The number of rotatable bonds is 7. The summed E-state index contributed by atoms with van der Waals surface area (Å²) in [6, 6.07) is 13.6. The number of hydrogen-bond acceptors (Lipinski definition) is 6. The number of aromatic nitrogens is 1. The van der Waals surface area contributed by atoms with Crippen LogP contribution in [0, 0.1) is 5.92 Å². The molecule has 0 radical (unpaired) electrons. The lowest BCUT2D eigenvalue weighted by molar-refractivity contribution is -0.144. The smallest absolute Gasteiger partial charge is 0.269 e. The third kappa shape index (κ3) is 4.43. The number of pyridine rings is 1. The number of nitrogens with zero attached hydrogens (tertiary/aromatic N) is 1. The van der Waals surface area contributed by atoms with E-state index in [4.69, 9.17) is 16.3 Å². The van der Waals surface area contributed by atoms with Gasteiger partial charge in [0, 0.05) is 13.0 Å². The molecule has 0 bridgehead atoms. The summed E-state index contributed by atoms with van der Waals surface area (Å²) in [4.78, 5) is 43.7. The van der Waals surface area contributed by atoms with Crippen LogP contribution in [0.15, 0.2) is 59.3 Å². The molecular weight excluding hydrogens is 474 g/mol. The summed E-state index contributed by atoms with van der Waals surface area (Å²) in [6.07, 6.45) is 0.836. The minimum atomic E-state index is -1.34. The van der Waals surface area contributed by atoms with E-state index < -0.39 is 23.3 Å². The fourth-order valence-corrected chi connectivity index (χ4v) is 4.95. The maximum absolute atomic E-state index is 13.3. The second-order valence-corrected chi connectivity index (χ2v) is 9.73. The molecule has 0 spiro atoms. The Morgan fingerprint density at radius 1 is 1.18 bits per heavy atom. The monoisotopic (exact) mass is 495 g/mol. The van der Waals surface area contributed by atoms with Crippen LogP contribution in [0.2, 0.25) is 5.02 Å². The minimum Gasteiger partial charge on any atom is -0.471 e. The molecule has 1 saturated heterocycles. The summed E-state index contributed by atoms with van der Waals surface area (Å²) in [5, 5.41) is 9.93. The van der Waals surface area contributed by atoms with Gasteiger partial charge in [-0.25, -0.2) is 4.98 Å². The number of thiophene rings is 1. The van der Waals surface area contributed by atoms with Crippen LogP contribution in [0.3, 0.4) is 0 Å². The van der Waals surface area contributed by atoms with Gasteiger partial charge in [0.1, 0.15) is 17.0 Å². The van der Waals surface area contributed by atoms with Crippen LogP contribution in [-0.4, -0.2) is 35.2 Å². The predicted molar refractivity (Wildman–Crippen MR) is 128 cm³/mol. The first kappa shape index (κ1) is 22.6. The lowest BCUT2D eigenvalue weighted by Crippen LogP contribution is -2.60. The molecule has 34 heavy (non-hydrogen) atoms. The van der Waals surface area contributed by atoms with Crippen LogP contribution in [0.25, 0.3) is 0 Å². The van der Waals surface area contributed by atoms with E-state index in [0.717, 1.165) is 18.4 Å². The zero-order chi connectivity index (χ0) is 23.7. The number of nitrogens with one attached hydrogen (secondary N) is 2. The third-order valence-corrected chi connectivity index (χ3v) is 7.06. The van der Waals surface area contributed by atoms with Gasteiger partial charge in [-0.2, -0.15) is 11.3 Å². The Labute approximate surface area is 205 Å². The molecule has 174 valence electrons. The lowest BCUT2D eigenvalue weighted by Gasteiger charge is -2.39. The second kappa shape index (κ2) is 9.19. The number of piperidine rings is 1. The summed E-state index contributed by atoms with van der Waals surface area (Å²) < 4.78 is 5.70. The number of para-hydroxylation sites is 1. The van der Waals surface area contributed by atoms with E-state index in [0.29, 0.717) is 23.2 Å². The highest BCUT2D eigenvalue weighted by molar-refractivity contribution is 7.08. The van der Waals surface area contributed by atoms with E-state index >= 15 is 0 Å². The normalized spacial score (nSPS) is 22.2. The van der Waals surface area contributed by atoms with Crippen molar-refractivity contribution in [3.63, 3.8) is 0 Å². The summed E-state index contributed by atoms with van der Waals surface area (Å²) in [5.74, 6) is -0.474. The first-order chi connectivity index (χ1) is 16.5. The molecule has 2 aliphatic rings. The van der Waals surface area contributed by atoms with Crippen molar-refractivity contribution >= 4 is 40.5 Å². The molecule has 2 amide bonds. The van der Waals surface area contributed by atoms with Crippen molar-refractivity contribution < 1.29 is 19.1 Å². The molecule has 1 aliphatic carbocycles. The average molecular weight is 496 g/mol. The highest BCUT2D eigenvalue weighted by atomic mass is 35.5. The lowest BCUT2D eigenvalue weighted by atomic mass is 9.79. The highest BCUT2D eigenvalue weighted by Gasteiger charge is 2.49. The Hall–Kier alpha value is -3.23. The van der Waals surface area contributed by atoms with E-state index in [1.165, 1.54) is 11.3 Å². The van der Waals surface area contributed by atoms with Crippen molar-refractivity contribution in [3.05, 3.63) is 81.3 Å². The molecule has 9 heteroatoms. The molecule has 1 saturated carbocycles. The molecule has 3 aromatic rings. The molecule has 7 nitrogen and oxygen atoms in total. The summed E-state index contributed by atoms with van der Waals surface area (Å²) in [6.45, 7) is 0.622. The maximum atomic E-state index is 13.3. The van der Waals surface area contributed by atoms with Gasteiger partial charge in [0.2, 0.25) is 6.10 Å². The average Bonchev–Trinajstić information content (AvgIpc) is 3.50. The number of halogens is 1. The van der Waals surface area contributed by atoms with Crippen molar-refractivity contribution in [2.24, 2.45) is 5.92 Å².